The van der Waals surface area contributed by atoms with Crippen LogP contribution in [0.25, 0.3) is 38.8 Å². The van der Waals surface area contributed by atoms with E-state index in [0.29, 0.717) is 0 Å². The average molecular weight is 451 g/mol. The van der Waals surface area contributed by atoms with Gasteiger partial charge in [-0.1, -0.05) is 6.07 Å². The maximum atomic E-state index is 4.87. The van der Waals surface area contributed by atoms with Crippen LogP contribution in [0.15, 0.2) is 85.1 Å². The third-order valence-electron chi connectivity index (χ3n) is 5.90. The quantitative estimate of drug-likeness (QED) is 0.279. The summed E-state index contributed by atoms with van der Waals surface area (Å²) >= 11 is -1.90. The van der Waals surface area contributed by atoms with Gasteiger partial charge in [-0.2, -0.15) is 0 Å². The Kier molecular flexibility index (Phi) is 4.55. The minimum atomic E-state index is -1.90. The Morgan fingerprint density at radius 2 is 1.43 bits per heavy atom. The van der Waals surface area contributed by atoms with Crippen molar-refractivity contribution in [3.05, 3.63) is 90.6 Å². The first-order valence-electron chi connectivity index (χ1n) is 10.5. The normalized spacial score (nSPS) is 12.0. The van der Waals surface area contributed by atoms with E-state index < -0.39 is 13.3 Å². The second kappa shape index (κ2) is 7.14. The van der Waals surface area contributed by atoms with Crippen LogP contribution in [0.4, 0.5) is 0 Å². The molecule has 2 nitrogen and oxygen atoms in total. The van der Waals surface area contributed by atoms with Gasteiger partial charge in [0.2, 0.25) is 0 Å². The molecule has 2 aromatic heterocycles. The molecule has 0 N–H and O–H groups in total. The Bertz CT molecular complexity index is 1380. The zero-order chi connectivity index (χ0) is 20.9. The number of aromatic nitrogens is 2. The number of pyridine rings is 1. The molecule has 0 saturated carbocycles. The summed E-state index contributed by atoms with van der Waals surface area (Å²) in [5, 5.41) is 2.54. The van der Waals surface area contributed by atoms with Crippen molar-refractivity contribution in [3.8, 4) is 16.9 Å². The van der Waals surface area contributed by atoms with Gasteiger partial charge in [0, 0.05) is 0 Å². The summed E-state index contributed by atoms with van der Waals surface area (Å²) in [6.45, 7) is 2.23. The number of rotatable bonds is 3. The maximum absolute atomic E-state index is 4.87. The van der Waals surface area contributed by atoms with E-state index >= 15 is 0 Å². The Balaban J connectivity index is 1.73. The van der Waals surface area contributed by atoms with Crippen LogP contribution in [0.2, 0.25) is 17.3 Å². The molecule has 2 heterocycles. The van der Waals surface area contributed by atoms with Gasteiger partial charge in [0.25, 0.3) is 0 Å². The van der Waals surface area contributed by atoms with Gasteiger partial charge < -0.3 is 0 Å². The van der Waals surface area contributed by atoms with Gasteiger partial charge in [-0.15, -0.1) is 0 Å². The number of benzene rings is 3. The molecule has 148 valence electrons. The van der Waals surface area contributed by atoms with E-state index in [1.165, 1.54) is 43.0 Å². The predicted molar refractivity (Wildman–Crippen MR) is 132 cm³/mol. The number of nitrogens with zero attached hydrogens (tertiary/aromatic N) is 2. The Morgan fingerprint density at radius 3 is 2.17 bits per heavy atom. The fraction of sp³-hybridized carbons (Fsp3) is 0.148. The van der Waals surface area contributed by atoms with Crippen LogP contribution >= 0.6 is 0 Å². The van der Waals surface area contributed by atoms with Crippen molar-refractivity contribution in [1.29, 1.82) is 0 Å². The van der Waals surface area contributed by atoms with Crippen molar-refractivity contribution in [2.45, 2.75) is 24.2 Å². The molecule has 0 aliphatic rings. The van der Waals surface area contributed by atoms with E-state index in [1.807, 2.05) is 0 Å². The standard InChI is InChI=1S/C27H26GeN2/c1-19-16-25(29-18-24(19)28(2,3)4)20-14-15-27-23(17-20)22-12-8-9-13-26(22)30(27)21-10-6-5-7-11-21/h5-18H,1-4H3. The number of fused-ring (bicyclic) bond motifs is 3. The second-order valence-corrected chi connectivity index (χ2v) is 19.6. The molecule has 5 aromatic rings. The Hall–Kier alpha value is -2.85. The summed E-state index contributed by atoms with van der Waals surface area (Å²) in [5.74, 6) is 7.27. The number of hydrogen-bond acceptors (Lipinski definition) is 1. The predicted octanol–water partition coefficient (Wildman–Crippen LogP) is 6.70. The molecular weight excluding hydrogens is 425 g/mol. The SMILES string of the molecule is Cc1cc(-c2ccc3c(c2)c2ccccc2n3-c2ccccc2)nc[c]1[Ge]([CH3])([CH3])[CH3]. The zero-order valence-electron chi connectivity index (χ0n) is 18.0. The van der Waals surface area contributed by atoms with Gasteiger partial charge in [0.15, 0.2) is 0 Å². The van der Waals surface area contributed by atoms with Crippen LogP contribution in [0, 0.1) is 6.92 Å². The summed E-state index contributed by atoms with van der Waals surface area (Å²) in [5.41, 5.74) is 7.25. The third kappa shape index (κ3) is 3.16. The molecule has 0 amide bonds. The molecule has 3 heteroatoms. The average Bonchev–Trinajstić information content (AvgIpc) is 3.07. The van der Waals surface area contributed by atoms with E-state index in [-0.39, 0.29) is 0 Å². The number of para-hydroxylation sites is 2. The van der Waals surface area contributed by atoms with Gasteiger partial charge in [-0.3, -0.25) is 0 Å². The Morgan fingerprint density at radius 1 is 0.733 bits per heavy atom. The topological polar surface area (TPSA) is 17.8 Å². The minimum absolute atomic E-state index is 1.06. The summed E-state index contributed by atoms with van der Waals surface area (Å²) < 4.78 is 3.84. The summed E-state index contributed by atoms with van der Waals surface area (Å²) in [7, 11) is 0. The first kappa shape index (κ1) is 19.1. The van der Waals surface area contributed by atoms with Crippen molar-refractivity contribution in [1.82, 2.24) is 9.55 Å². The van der Waals surface area contributed by atoms with Crippen LogP contribution < -0.4 is 4.40 Å². The van der Waals surface area contributed by atoms with Crippen molar-refractivity contribution in [2.24, 2.45) is 0 Å². The number of hydrogen-bond donors (Lipinski definition) is 0. The Labute approximate surface area is 180 Å². The van der Waals surface area contributed by atoms with Crippen LogP contribution in [0.1, 0.15) is 5.56 Å². The van der Waals surface area contributed by atoms with E-state index in [9.17, 15) is 0 Å². The van der Waals surface area contributed by atoms with E-state index in [0.717, 1.165) is 5.69 Å². The van der Waals surface area contributed by atoms with Gasteiger partial charge in [-0.05, 0) is 0 Å². The van der Waals surface area contributed by atoms with Crippen molar-refractivity contribution in [2.75, 3.05) is 0 Å². The van der Waals surface area contributed by atoms with Gasteiger partial charge >= 0.3 is 175 Å². The summed E-state index contributed by atoms with van der Waals surface area (Å²) in [6.07, 6.45) is 2.13. The summed E-state index contributed by atoms with van der Waals surface area (Å²) in [6, 6.07) is 28.3. The molecular formula is C27H26GeN2. The van der Waals surface area contributed by atoms with Crippen LogP contribution in [-0.4, -0.2) is 22.8 Å². The van der Waals surface area contributed by atoms with Crippen LogP contribution in [0.3, 0.4) is 0 Å². The number of aryl methyl sites for hydroxylation is 1. The molecule has 30 heavy (non-hydrogen) atoms. The fourth-order valence-electron chi connectivity index (χ4n) is 4.49. The van der Waals surface area contributed by atoms with E-state index in [2.05, 4.69) is 114 Å². The van der Waals surface area contributed by atoms with E-state index in [1.54, 1.807) is 0 Å². The second-order valence-electron chi connectivity index (χ2n) is 9.05. The molecule has 0 spiro atoms. The molecule has 5 rings (SSSR count). The molecule has 0 aliphatic heterocycles. The monoisotopic (exact) mass is 452 g/mol. The van der Waals surface area contributed by atoms with Crippen LogP contribution in [-0.2, 0) is 0 Å². The summed E-state index contributed by atoms with van der Waals surface area (Å²) in [4.78, 5) is 4.87. The zero-order valence-corrected chi connectivity index (χ0v) is 20.1. The molecule has 0 unspecified atom stereocenters. The molecule has 0 bridgehead atoms. The molecule has 0 aliphatic carbocycles. The third-order valence-corrected chi connectivity index (χ3v) is 10.4. The van der Waals surface area contributed by atoms with Gasteiger partial charge in [0.1, 0.15) is 0 Å². The van der Waals surface area contributed by atoms with Crippen molar-refractivity contribution < 1.29 is 0 Å². The van der Waals surface area contributed by atoms with E-state index in [4.69, 9.17) is 4.98 Å². The van der Waals surface area contributed by atoms with Crippen molar-refractivity contribution in [3.63, 3.8) is 0 Å². The molecule has 0 atom stereocenters. The van der Waals surface area contributed by atoms with Gasteiger partial charge in [0.05, 0.1) is 0 Å². The molecule has 0 radical (unpaired) electrons. The molecule has 0 fully saturated rings. The van der Waals surface area contributed by atoms with Crippen LogP contribution in [0.5, 0.6) is 0 Å². The van der Waals surface area contributed by atoms with Crippen molar-refractivity contribution >= 4 is 39.5 Å². The first-order chi connectivity index (χ1) is 14.4. The van der Waals surface area contributed by atoms with Gasteiger partial charge in [-0.25, -0.2) is 0 Å². The molecule has 0 saturated heterocycles. The fourth-order valence-corrected chi connectivity index (χ4v) is 8.07. The molecule has 3 aromatic carbocycles. The first-order valence-corrected chi connectivity index (χ1v) is 17.8.